The Balaban J connectivity index is 1.35. The fraction of sp³-hybridized carbons (Fsp3) is 0.323. The molecule has 3 aliphatic rings. The van der Waals surface area contributed by atoms with Gasteiger partial charge in [0.25, 0.3) is 11.1 Å². The SMILES string of the molecule is C[C@@H]1CC2CN1CCn1[nH]c3c(cccc3c1=O)-c1nc3c(cc(-c4ccc5c(c4)OC(C)(C)O5)cc3[nH]c1=O)O2. The van der Waals surface area contributed by atoms with Crippen LogP contribution in [0.15, 0.2) is 58.1 Å². The van der Waals surface area contributed by atoms with E-state index in [1.165, 1.54) is 0 Å². The van der Waals surface area contributed by atoms with Gasteiger partial charge in [-0.3, -0.25) is 24.3 Å². The van der Waals surface area contributed by atoms with Gasteiger partial charge in [-0.15, -0.1) is 0 Å². The normalized spacial score (nSPS) is 22.4. The predicted octanol–water partition coefficient (Wildman–Crippen LogP) is 4.26. The maximum Gasteiger partial charge on any atom is 0.275 e. The first-order chi connectivity index (χ1) is 19.7. The minimum Gasteiger partial charge on any atom is -0.487 e. The highest BCUT2D eigenvalue weighted by atomic mass is 16.7. The number of para-hydroxylation sites is 1. The molecule has 5 aromatic rings. The van der Waals surface area contributed by atoms with Crippen molar-refractivity contribution in [3.63, 3.8) is 0 Å². The summed E-state index contributed by atoms with van der Waals surface area (Å²) >= 11 is 0. The van der Waals surface area contributed by atoms with Crippen LogP contribution in [0.3, 0.4) is 0 Å². The van der Waals surface area contributed by atoms with Crippen molar-refractivity contribution in [1.29, 1.82) is 0 Å². The van der Waals surface area contributed by atoms with E-state index in [1.807, 2.05) is 50.2 Å². The lowest BCUT2D eigenvalue weighted by Gasteiger charge is -2.21. The van der Waals surface area contributed by atoms with Crippen LogP contribution < -0.4 is 25.3 Å². The van der Waals surface area contributed by atoms with E-state index >= 15 is 0 Å². The summed E-state index contributed by atoms with van der Waals surface area (Å²) in [4.78, 5) is 37.0. The van der Waals surface area contributed by atoms with E-state index in [9.17, 15) is 9.59 Å². The zero-order valence-corrected chi connectivity index (χ0v) is 23.0. The molecule has 2 unspecified atom stereocenters. The quantitative estimate of drug-likeness (QED) is 0.320. The van der Waals surface area contributed by atoms with Gasteiger partial charge in [0.2, 0.25) is 5.79 Å². The number of hydrogen-bond acceptors (Lipinski definition) is 7. The molecule has 6 bridgehead atoms. The molecule has 2 aromatic heterocycles. The molecular formula is C31H29N5O5. The minimum atomic E-state index is -0.730. The molecule has 3 aromatic carbocycles. The lowest BCUT2D eigenvalue weighted by Crippen LogP contribution is -2.33. The summed E-state index contributed by atoms with van der Waals surface area (Å²) in [6, 6.07) is 15.4. The van der Waals surface area contributed by atoms with Crippen LogP contribution in [-0.4, -0.2) is 55.7 Å². The molecule has 2 N–H and O–H groups in total. The summed E-state index contributed by atoms with van der Waals surface area (Å²) in [7, 11) is 0. The van der Waals surface area contributed by atoms with Crippen molar-refractivity contribution >= 4 is 21.9 Å². The molecule has 0 aliphatic carbocycles. The molecule has 8 rings (SSSR count). The Labute approximate surface area is 234 Å². The molecule has 3 aliphatic heterocycles. The summed E-state index contributed by atoms with van der Waals surface area (Å²) in [5.41, 5.74) is 3.85. The lowest BCUT2D eigenvalue weighted by atomic mass is 10.0. The molecule has 1 fully saturated rings. The van der Waals surface area contributed by atoms with Crippen molar-refractivity contribution in [2.24, 2.45) is 0 Å². The molecule has 5 heterocycles. The molecule has 1 saturated heterocycles. The Morgan fingerprint density at radius 1 is 0.976 bits per heavy atom. The summed E-state index contributed by atoms with van der Waals surface area (Å²) in [6.45, 7) is 7.87. The van der Waals surface area contributed by atoms with Crippen LogP contribution in [0.4, 0.5) is 0 Å². The van der Waals surface area contributed by atoms with Crippen LogP contribution in [-0.2, 0) is 6.54 Å². The van der Waals surface area contributed by atoms with E-state index in [2.05, 4.69) is 21.9 Å². The topological polar surface area (TPSA) is 114 Å². The first-order valence-corrected chi connectivity index (χ1v) is 14.0. The van der Waals surface area contributed by atoms with E-state index in [-0.39, 0.29) is 29.0 Å². The standard InChI is InChI=1S/C31H29N5O5/c1-16-11-19-15-35(16)9-10-36-30(38)21-6-4-5-20(26(21)34-36)27-29(37)32-22-12-18(14-25(39-19)28(22)33-27)17-7-8-23-24(13-17)41-31(2,3)40-23/h4-8,12-14,16,19,34H,9-11,15H2,1-3H3,(H,32,37)/t16-,19?/m1/s1. The number of nitrogens with one attached hydrogen (secondary N) is 2. The van der Waals surface area contributed by atoms with Crippen LogP contribution in [0.5, 0.6) is 17.2 Å². The number of aromatic nitrogens is 4. The van der Waals surface area contributed by atoms with Crippen molar-refractivity contribution in [2.45, 2.75) is 51.7 Å². The second kappa shape index (κ2) is 8.47. The Kier molecular flexibility index (Phi) is 5.01. The van der Waals surface area contributed by atoms with Gasteiger partial charge in [0, 0.05) is 45.0 Å². The molecule has 41 heavy (non-hydrogen) atoms. The molecule has 0 spiro atoms. The first kappa shape index (κ1) is 24.2. The first-order valence-electron chi connectivity index (χ1n) is 14.0. The van der Waals surface area contributed by atoms with Crippen LogP contribution in [0, 0.1) is 0 Å². The number of aromatic amines is 2. The largest absolute Gasteiger partial charge is 0.487 e. The molecule has 0 saturated carbocycles. The predicted molar refractivity (Wildman–Crippen MR) is 155 cm³/mol. The fourth-order valence-corrected chi connectivity index (χ4v) is 6.39. The molecule has 0 radical (unpaired) electrons. The maximum absolute atomic E-state index is 13.5. The van der Waals surface area contributed by atoms with Gasteiger partial charge in [-0.2, -0.15) is 0 Å². The number of ether oxygens (including phenoxy) is 3. The highest BCUT2D eigenvalue weighted by Crippen LogP contribution is 2.43. The molecule has 3 atom stereocenters. The maximum atomic E-state index is 13.5. The Hall–Kier alpha value is -4.57. The van der Waals surface area contributed by atoms with E-state index < -0.39 is 5.79 Å². The van der Waals surface area contributed by atoms with Gasteiger partial charge < -0.3 is 19.2 Å². The van der Waals surface area contributed by atoms with E-state index in [4.69, 9.17) is 19.2 Å². The van der Waals surface area contributed by atoms with Crippen LogP contribution in [0.2, 0.25) is 0 Å². The summed E-state index contributed by atoms with van der Waals surface area (Å²) in [5, 5.41) is 3.79. The Morgan fingerprint density at radius 2 is 1.80 bits per heavy atom. The molecule has 10 heteroatoms. The average molecular weight is 552 g/mol. The zero-order valence-electron chi connectivity index (χ0n) is 23.0. The van der Waals surface area contributed by atoms with Crippen molar-refractivity contribution in [2.75, 3.05) is 13.1 Å². The number of rotatable bonds is 1. The highest BCUT2D eigenvalue weighted by molar-refractivity contribution is 5.94. The minimum absolute atomic E-state index is 0.0695. The number of fused-ring (bicyclic) bond motifs is 6. The fourth-order valence-electron chi connectivity index (χ4n) is 6.39. The lowest BCUT2D eigenvalue weighted by molar-refractivity contribution is -0.0431. The van der Waals surface area contributed by atoms with E-state index in [0.717, 1.165) is 24.1 Å². The Morgan fingerprint density at radius 3 is 2.68 bits per heavy atom. The number of benzene rings is 3. The van der Waals surface area contributed by atoms with Gasteiger partial charge in [-0.05, 0) is 48.4 Å². The third-order valence-corrected chi connectivity index (χ3v) is 8.36. The van der Waals surface area contributed by atoms with Crippen molar-refractivity contribution in [1.82, 2.24) is 24.6 Å². The third kappa shape index (κ3) is 3.85. The second-order valence-corrected chi connectivity index (χ2v) is 11.7. The summed E-state index contributed by atoms with van der Waals surface area (Å²) in [6.07, 6.45) is 0.769. The van der Waals surface area contributed by atoms with Gasteiger partial charge in [0.1, 0.15) is 23.1 Å². The molecule has 208 valence electrons. The summed E-state index contributed by atoms with van der Waals surface area (Å²) in [5.74, 6) is 1.23. The van der Waals surface area contributed by atoms with E-state index in [0.29, 0.717) is 57.8 Å². The van der Waals surface area contributed by atoms with Crippen LogP contribution in [0.25, 0.3) is 44.3 Å². The Bertz CT molecular complexity index is 2000. The highest BCUT2D eigenvalue weighted by Gasteiger charge is 2.33. The average Bonchev–Trinajstić information content (AvgIpc) is 3.56. The summed E-state index contributed by atoms with van der Waals surface area (Å²) < 4.78 is 20.2. The van der Waals surface area contributed by atoms with Gasteiger partial charge in [0.15, 0.2) is 11.5 Å². The number of nitrogens with zero attached hydrogens (tertiary/aromatic N) is 3. The van der Waals surface area contributed by atoms with Crippen molar-refractivity contribution in [3.05, 3.63) is 69.2 Å². The molecule has 0 amide bonds. The second-order valence-electron chi connectivity index (χ2n) is 11.7. The number of H-pyrrole nitrogens is 2. The van der Waals surface area contributed by atoms with Gasteiger partial charge in [-0.25, -0.2) is 4.98 Å². The van der Waals surface area contributed by atoms with Gasteiger partial charge >= 0.3 is 0 Å². The van der Waals surface area contributed by atoms with E-state index in [1.54, 1.807) is 16.8 Å². The third-order valence-electron chi connectivity index (χ3n) is 8.36. The monoisotopic (exact) mass is 551 g/mol. The van der Waals surface area contributed by atoms with Gasteiger partial charge in [-0.1, -0.05) is 18.2 Å². The smallest absolute Gasteiger partial charge is 0.275 e. The van der Waals surface area contributed by atoms with Gasteiger partial charge in [0.05, 0.1) is 23.0 Å². The van der Waals surface area contributed by atoms with Crippen LogP contribution >= 0.6 is 0 Å². The van der Waals surface area contributed by atoms with Crippen molar-refractivity contribution in [3.8, 4) is 39.6 Å². The zero-order chi connectivity index (χ0) is 28.0. The van der Waals surface area contributed by atoms with Crippen LogP contribution in [0.1, 0.15) is 27.2 Å². The van der Waals surface area contributed by atoms with Crippen molar-refractivity contribution < 1.29 is 14.2 Å². The molecular weight excluding hydrogens is 522 g/mol. The number of hydrogen-bond donors (Lipinski definition) is 2. The molecule has 10 nitrogen and oxygen atoms in total.